The first-order chi connectivity index (χ1) is 8.77. The molecule has 2 fully saturated rings. The molecule has 1 heterocycles. The number of carbonyl (C=O) groups is 1. The molecule has 2 N–H and O–H groups in total. The van der Waals surface area contributed by atoms with E-state index in [1.807, 2.05) is 30.3 Å². The lowest BCUT2D eigenvalue weighted by atomic mass is 10.1. The maximum absolute atomic E-state index is 11.3. The van der Waals surface area contributed by atoms with E-state index < -0.39 is 12.0 Å². The molecule has 0 aromatic heterocycles. The van der Waals surface area contributed by atoms with Crippen molar-refractivity contribution in [2.45, 2.75) is 12.6 Å². The largest absolute Gasteiger partial charge is 0.480 e. The number of hydrogen-bond acceptors (Lipinski definition) is 3. The van der Waals surface area contributed by atoms with Gasteiger partial charge >= 0.3 is 5.97 Å². The maximum Gasteiger partial charge on any atom is 0.321 e. The molecule has 1 aliphatic heterocycles. The highest BCUT2D eigenvalue weighted by atomic mass is 16.5. The molecule has 1 saturated heterocycles. The lowest BCUT2D eigenvalue weighted by Crippen LogP contribution is -2.40. The van der Waals surface area contributed by atoms with Gasteiger partial charge in [-0.3, -0.25) is 4.79 Å². The van der Waals surface area contributed by atoms with E-state index in [9.17, 15) is 9.90 Å². The maximum atomic E-state index is 11.3. The van der Waals surface area contributed by atoms with Crippen molar-refractivity contribution in [1.29, 1.82) is 0 Å². The van der Waals surface area contributed by atoms with Crippen molar-refractivity contribution < 1.29 is 14.6 Å². The number of ether oxygens (including phenoxy) is 1. The Morgan fingerprint density at radius 3 is 2.61 bits per heavy atom. The molecule has 4 nitrogen and oxygen atoms in total. The van der Waals surface area contributed by atoms with E-state index in [-0.39, 0.29) is 5.92 Å². The van der Waals surface area contributed by atoms with Crippen LogP contribution in [0.1, 0.15) is 5.56 Å². The summed E-state index contributed by atoms with van der Waals surface area (Å²) in [5.41, 5.74) is 1.12. The third-order valence-electron chi connectivity index (χ3n) is 4.04. The summed E-state index contributed by atoms with van der Waals surface area (Å²) in [7, 11) is 0. The van der Waals surface area contributed by atoms with Gasteiger partial charge in [-0.1, -0.05) is 30.3 Å². The zero-order chi connectivity index (χ0) is 12.5. The van der Waals surface area contributed by atoms with E-state index in [0.29, 0.717) is 18.4 Å². The molecular formula is C14H17NO3. The lowest BCUT2D eigenvalue weighted by molar-refractivity contribution is -0.140. The summed E-state index contributed by atoms with van der Waals surface area (Å²) < 4.78 is 5.31. The average Bonchev–Trinajstić information content (AvgIpc) is 2.85. The monoisotopic (exact) mass is 247 g/mol. The van der Waals surface area contributed by atoms with E-state index in [1.165, 1.54) is 0 Å². The third-order valence-corrected chi connectivity index (χ3v) is 4.04. The van der Waals surface area contributed by atoms with Crippen LogP contribution in [0.15, 0.2) is 30.3 Å². The fourth-order valence-corrected chi connectivity index (χ4v) is 2.99. The van der Waals surface area contributed by atoms with Gasteiger partial charge in [0.25, 0.3) is 0 Å². The Bertz CT molecular complexity index is 424. The molecule has 4 heteroatoms. The van der Waals surface area contributed by atoms with Crippen LogP contribution < -0.4 is 5.32 Å². The molecule has 3 atom stereocenters. The predicted molar refractivity (Wildman–Crippen MR) is 66.0 cm³/mol. The summed E-state index contributed by atoms with van der Waals surface area (Å²) in [5.74, 6) is 0.411. The van der Waals surface area contributed by atoms with Crippen LogP contribution in [-0.4, -0.2) is 30.3 Å². The van der Waals surface area contributed by atoms with Gasteiger partial charge in [-0.2, -0.15) is 0 Å². The highest BCUT2D eigenvalue weighted by molar-refractivity contribution is 5.74. The molecule has 96 valence electrons. The molecule has 1 saturated carbocycles. The van der Waals surface area contributed by atoms with Gasteiger partial charge in [-0.15, -0.1) is 0 Å². The highest BCUT2D eigenvalue weighted by Crippen LogP contribution is 2.52. The van der Waals surface area contributed by atoms with Gasteiger partial charge in [-0.25, -0.2) is 0 Å². The predicted octanol–water partition coefficient (Wildman–Crippen LogP) is 1.12. The molecule has 0 radical (unpaired) electrons. The lowest BCUT2D eigenvalue weighted by Gasteiger charge is -2.16. The normalized spacial score (nSPS) is 30.8. The van der Waals surface area contributed by atoms with E-state index in [0.717, 1.165) is 18.8 Å². The smallest absolute Gasteiger partial charge is 0.321 e. The number of carboxylic acids is 1. The van der Waals surface area contributed by atoms with Crippen molar-refractivity contribution in [2.75, 3.05) is 13.2 Å². The number of carboxylic acid groups (broad SMARTS) is 1. The Morgan fingerprint density at radius 2 is 2.00 bits per heavy atom. The zero-order valence-electron chi connectivity index (χ0n) is 10.1. The van der Waals surface area contributed by atoms with Gasteiger partial charge in [0.1, 0.15) is 6.04 Å². The minimum atomic E-state index is -0.745. The summed E-state index contributed by atoms with van der Waals surface area (Å²) in [6, 6.07) is 9.45. The van der Waals surface area contributed by atoms with E-state index in [2.05, 4.69) is 5.32 Å². The van der Waals surface area contributed by atoms with Crippen LogP contribution in [0.4, 0.5) is 0 Å². The SMILES string of the molecule is O=C(O)[C@H](NCc1ccccc1)C1[C@@H]2COC[C@@H]12. The van der Waals surface area contributed by atoms with Gasteiger partial charge < -0.3 is 15.2 Å². The fourth-order valence-electron chi connectivity index (χ4n) is 2.99. The van der Waals surface area contributed by atoms with Crippen LogP contribution in [0.25, 0.3) is 0 Å². The zero-order valence-corrected chi connectivity index (χ0v) is 10.1. The molecule has 3 rings (SSSR count). The minimum Gasteiger partial charge on any atom is -0.480 e. The number of rotatable bonds is 5. The van der Waals surface area contributed by atoms with E-state index in [1.54, 1.807) is 0 Å². The molecule has 1 aromatic rings. The standard InChI is InChI=1S/C14H17NO3/c16-14(17)13(12-10-7-18-8-11(10)12)15-6-9-4-2-1-3-5-9/h1-5,10-13,15H,6-8H2,(H,16,17)/t10-,11-,13-/m1/s1. The topological polar surface area (TPSA) is 58.6 Å². The molecule has 1 aromatic carbocycles. The first kappa shape index (κ1) is 11.7. The van der Waals surface area contributed by atoms with Crippen LogP contribution >= 0.6 is 0 Å². The van der Waals surface area contributed by atoms with Gasteiger partial charge in [0, 0.05) is 6.54 Å². The number of aliphatic carboxylic acids is 1. The van der Waals surface area contributed by atoms with Crippen molar-refractivity contribution >= 4 is 5.97 Å². The number of fused-ring (bicyclic) bond motifs is 1. The van der Waals surface area contributed by atoms with Crippen molar-refractivity contribution in [3.63, 3.8) is 0 Å². The Morgan fingerprint density at radius 1 is 1.33 bits per heavy atom. The molecule has 2 aliphatic rings. The fraction of sp³-hybridized carbons (Fsp3) is 0.500. The Hall–Kier alpha value is -1.39. The van der Waals surface area contributed by atoms with Crippen molar-refractivity contribution in [1.82, 2.24) is 5.32 Å². The number of nitrogens with one attached hydrogen (secondary N) is 1. The van der Waals surface area contributed by atoms with Crippen molar-refractivity contribution in [3.8, 4) is 0 Å². The summed E-state index contributed by atoms with van der Waals surface area (Å²) in [4.78, 5) is 11.3. The first-order valence-electron chi connectivity index (χ1n) is 6.35. The Kier molecular flexibility index (Phi) is 3.06. The third kappa shape index (κ3) is 2.13. The Labute approximate surface area is 106 Å². The van der Waals surface area contributed by atoms with Crippen LogP contribution in [-0.2, 0) is 16.1 Å². The van der Waals surface area contributed by atoms with E-state index in [4.69, 9.17) is 4.74 Å². The molecule has 0 amide bonds. The average molecular weight is 247 g/mol. The van der Waals surface area contributed by atoms with Crippen molar-refractivity contribution in [3.05, 3.63) is 35.9 Å². The number of benzene rings is 1. The van der Waals surface area contributed by atoms with E-state index >= 15 is 0 Å². The second-order valence-electron chi connectivity index (χ2n) is 5.12. The molecule has 0 unspecified atom stereocenters. The summed E-state index contributed by atoms with van der Waals surface area (Å²) in [6.07, 6.45) is 0. The van der Waals surface area contributed by atoms with Gasteiger partial charge in [-0.05, 0) is 23.3 Å². The molecule has 0 spiro atoms. The summed E-state index contributed by atoms with van der Waals surface area (Å²) in [6.45, 7) is 2.06. The van der Waals surface area contributed by atoms with Gasteiger partial charge in [0.05, 0.1) is 13.2 Å². The van der Waals surface area contributed by atoms with Crippen LogP contribution in [0.3, 0.4) is 0 Å². The molecule has 0 bridgehead atoms. The van der Waals surface area contributed by atoms with Gasteiger partial charge in [0.15, 0.2) is 0 Å². The molecular weight excluding hydrogens is 230 g/mol. The van der Waals surface area contributed by atoms with Gasteiger partial charge in [0.2, 0.25) is 0 Å². The molecule has 18 heavy (non-hydrogen) atoms. The number of hydrogen-bond donors (Lipinski definition) is 2. The minimum absolute atomic E-state index is 0.250. The second kappa shape index (κ2) is 4.71. The summed E-state index contributed by atoms with van der Waals surface area (Å²) >= 11 is 0. The van der Waals surface area contributed by atoms with Crippen molar-refractivity contribution in [2.24, 2.45) is 17.8 Å². The van der Waals surface area contributed by atoms with Crippen LogP contribution in [0, 0.1) is 17.8 Å². The quantitative estimate of drug-likeness (QED) is 0.818. The second-order valence-corrected chi connectivity index (χ2v) is 5.12. The van der Waals surface area contributed by atoms with Crippen LogP contribution in [0.2, 0.25) is 0 Å². The first-order valence-corrected chi connectivity index (χ1v) is 6.35. The van der Waals surface area contributed by atoms with Crippen LogP contribution in [0.5, 0.6) is 0 Å². The Balaban J connectivity index is 1.60. The molecule has 1 aliphatic carbocycles. The highest BCUT2D eigenvalue weighted by Gasteiger charge is 2.58. The summed E-state index contributed by atoms with van der Waals surface area (Å²) in [5, 5.41) is 12.5.